The van der Waals surface area contributed by atoms with E-state index in [0.29, 0.717) is 11.3 Å². The van der Waals surface area contributed by atoms with Gasteiger partial charge in [0, 0.05) is 22.2 Å². The highest BCUT2D eigenvalue weighted by Crippen LogP contribution is 2.32. The summed E-state index contributed by atoms with van der Waals surface area (Å²) in [6.07, 6.45) is 0. The average molecular weight is 385 g/mol. The van der Waals surface area contributed by atoms with Crippen molar-refractivity contribution in [2.75, 3.05) is 0 Å². The number of thiazole rings is 1. The van der Waals surface area contributed by atoms with Crippen LogP contribution in [0.4, 0.5) is 0 Å². The molecule has 26 heavy (non-hydrogen) atoms. The summed E-state index contributed by atoms with van der Waals surface area (Å²) in [5, 5.41) is 1.72. The van der Waals surface area contributed by atoms with E-state index in [2.05, 4.69) is 9.97 Å². The number of Topliss-reactive ketones (excluding diaryl/α,β-unsaturated/α-hetero) is 2. The Balaban J connectivity index is 1.78. The van der Waals surface area contributed by atoms with Gasteiger partial charge in [0.2, 0.25) is 0 Å². The van der Waals surface area contributed by atoms with Gasteiger partial charge in [-0.1, -0.05) is 42.1 Å². The number of ketones is 2. The summed E-state index contributed by atoms with van der Waals surface area (Å²) in [5.74, 6) is -0.0393. The monoisotopic (exact) mass is 384 g/mol. The van der Waals surface area contributed by atoms with Crippen LogP contribution in [-0.2, 0) is 0 Å². The van der Waals surface area contributed by atoms with Gasteiger partial charge < -0.3 is 4.98 Å². The van der Waals surface area contributed by atoms with E-state index in [1.807, 2.05) is 56.5 Å². The Morgan fingerprint density at radius 1 is 1.19 bits per heavy atom. The molecule has 2 heterocycles. The van der Waals surface area contributed by atoms with Crippen LogP contribution in [0.2, 0.25) is 0 Å². The minimum Gasteiger partial charge on any atom is -0.355 e. The Hall–Kier alpha value is -2.18. The molecule has 0 aliphatic rings. The van der Waals surface area contributed by atoms with E-state index in [-0.39, 0.29) is 16.8 Å². The highest BCUT2D eigenvalue weighted by atomic mass is 32.2. The average Bonchev–Trinajstić information content (AvgIpc) is 3.19. The zero-order valence-corrected chi connectivity index (χ0v) is 16.8. The molecule has 2 aromatic heterocycles. The summed E-state index contributed by atoms with van der Waals surface area (Å²) in [6.45, 7) is 7.04. The summed E-state index contributed by atoms with van der Waals surface area (Å²) in [7, 11) is 0. The molecule has 134 valence electrons. The predicted octanol–water partition coefficient (Wildman–Crippen LogP) is 5.32. The molecule has 0 spiro atoms. The number of aryl methyl sites for hydroxylation is 1. The first-order valence-corrected chi connectivity index (χ1v) is 10.1. The summed E-state index contributed by atoms with van der Waals surface area (Å²) in [5.41, 5.74) is 4.60. The normalized spacial score (nSPS) is 12.2. The van der Waals surface area contributed by atoms with Gasteiger partial charge in [-0.15, -0.1) is 11.3 Å². The summed E-state index contributed by atoms with van der Waals surface area (Å²) in [4.78, 5) is 32.4. The van der Waals surface area contributed by atoms with Crippen molar-refractivity contribution in [2.45, 2.75) is 37.3 Å². The van der Waals surface area contributed by atoms with Crippen molar-refractivity contribution in [1.29, 1.82) is 0 Å². The van der Waals surface area contributed by atoms with Crippen LogP contribution in [-0.4, -0.2) is 26.8 Å². The van der Waals surface area contributed by atoms with Crippen LogP contribution in [0.3, 0.4) is 0 Å². The topological polar surface area (TPSA) is 62.8 Å². The molecule has 4 nitrogen and oxygen atoms in total. The van der Waals surface area contributed by atoms with E-state index < -0.39 is 0 Å². The summed E-state index contributed by atoms with van der Waals surface area (Å²) < 4.78 is 0.859. The van der Waals surface area contributed by atoms with Crippen molar-refractivity contribution in [3.63, 3.8) is 0 Å². The molecule has 1 aromatic carbocycles. The fraction of sp³-hybridized carbons (Fsp3) is 0.250. The van der Waals surface area contributed by atoms with Crippen LogP contribution in [0, 0.1) is 13.8 Å². The summed E-state index contributed by atoms with van der Waals surface area (Å²) in [6, 6.07) is 9.98. The number of hydrogen-bond acceptors (Lipinski definition) is 5. The molecule has 0 amide bonds. The van der Waals surface area contributed by atoms with Crippen LogP contribution in [0.1, 0.15) is 46.0 Å². The molecular weight excluding hydrogens is 364 g/mol. The van der Waals surface area contributed by atoms with Crippen molar-refractivity contribution < 1.29 is 9.59 Å². The van der Waals surface area contributed by atoms with E-state index in [1.165, 1.54) is 30.0 Å². The Morgan fingerprint density at radius 3 is 2.50 bits per heavy atom. The molecular formula is C20H20N2O2S2. The third kappa shape index (κ3) is 3.66. The van der Waals surface area contributed by atoms with Gasteiger partial charge >= 0.3 is 0 Å². The van der Waals surface area contributed by atoms with Crippen LogP contribution in [0.5, 0.6) is 0 Å². The minimum atomic E-state index is -0.290. The summed E-state index contributed by atoms with van der Waals surface area (Å²) >= 11 is 2.99. The molecule has 1 atom stereocenters. The molecule has 1 unspecified atom stereocenters. The third-order valence-electron chi connectivity index (χ3n) is 4.24. The van der Waals surface area contributed by atoms with Crippen LogP contribution in [0.25, 0.3) is 11.3 Å². The third-order valence-corrected chi connectivity index (χ3v) is 6.31. The quantitative estimate of drug-likeness (QED) is 0.461. The van der Waals surface area contributed by atoms with Crippen molar-refractivity contribution in [2.24, 2.45) is 0 Å². The van der Waals surface area contributed by atoms with Gasteiger partial charge in [0.25, 0.3) is 0 Å². The van der Waals surface area contributed by atoms with E-state index in [9.17, 15) is 9.59 Å². The molecule has 0 fully saturated rings. The Morgan fingerprint density at radius 2 is 1.88 bits per heavy atom. The highest BCUT2D eigenvalue weighted by Gasteiger charge is 2.25. The lowest BCUT2D eigenvalue weighted by Gasteiger charge is -2.08. The zero-order chi connectivity index (χ0) is 18.8. The number of nitrogens with zero attached hydrogens (tertiary/aromatic N) is 1. The number of aromatic amines is 1. The standard InChI is InChI=1S/C20H20N2O2S2/c1-11-17(13(3)23)12(2)21-18(11)19(24)14(4)26-20-22-16(10-25-20)15-8-6-5-7-9-15/h5-10,14,21H,1-4H3. The number of aromatic nitrogens is 2. The number of carbonyl (C=O) groups excluding carboxylic acids is 2. The van der Waals surface area contributed by atoms with Crippen molar-refractivity contribution in [3.05, 3.63) is 58.2 Å². The fourth-order valence-corrected chi connectivity index (χ4v) is 5.02. The van der Waals surface area contributed by atoms with Gasteiger partial charge in [0.15, 0.2) is 15.9 Å². The lowest BCUT2D eigenvalue weighted by atomic mass is 10.0. The molecule has 6 heteroatoms. The fourth-order valence-electron chi connectivity index (χ4n) is 2.99. The smallest absolute Gasteiger partial charge is 0.192 e. The van der Waals surface area contributed by atoms with Gasteiger partial charge in [-0.2, -0.15) is 0 Å². The first-order valence-electron chi connectivity index (χ1n) is 8.30. The van der Waals surface area contributed by atoms with Crippen LogP contribution in [0.15, 0.2) is 40.1 Å². The lowest BCUT2D eigenvalue weighted by molar-refractivity contribution is 0.0988. The molecule has 0 saturated heterocycles. The van der Waals surface area contributed by atoms with Crippen molar-refractivity contribution in [3.8, 4) is 11.3 Å². The number of thioether (sulfide) groups is 1. The second kappa shape index (κ2) is 7.60. The molecule has 1 N–H and O–H groups in total. The van der Waals surface area contributed by atoms with Gasteiger partial charge in [-0.25, -0.2) is 4.98 Å². The Labute approximate surface area is 161 Å². The zero-order valence-electron chi connectivity index (χ0n) is 15.1. The molecule has 3 rings (SSSR count). The maximum Gasteiger partial charge on any atom is 0.192 e. The van der Waals surface area contributed by atoms with E-state index >= 15 is 0 Å². The maximum atomic E-state index is 12.8. The van der Waals surface area contributed by atoms with Crippen LogP contribution >= 0.6 is 23.1 Å². The van der Waals surface area contributed by atoms with Crippen molar-refractivity contribution in [1.82, 2.24) is 9.97 Å². The second-order valence-corrected chi connectivity index (χ2v) is 8.62. The van der Waals surface area contributed by atoms with E-state index in [0.717, 1.165) is 26.9 Å². The number of hydrogen-bond donors (Lipinski definition) is 1. The molecule has 0 aliphatic heterocycles. The predicted molar refractivity (Wildman–Crippen MR) is 107 cm³/mol. The molecule has 0 radical (unpaired) electrons. The van der Waals surface area contributed by atoms with Gasteiger partial charge in [-0.3, -0.25) is 9.59 Å². The number of rotatable bonds is 6. The van der Waals surface area contributed by atoms with Gasteiger partial charge in [-0.05, 0) is 33.3 Å². The minimum absolute atomic E-state index is 0.0143. The molecule has 0 aliphatic carbocycles. The molecule has 3 aromatic rings. The number of nitrogens with one attached hydrogen (secondary N) is 1. The first kappa shape index (κ1) is 18.6. The Kier molecular flexibility index (Phi) is 5.44. The first-order chi connectivity index (χ1) is 12.4. The largest absolute Gasteiger partial charge is 0.355 e. The SMILES string of the molecule is CC(=O)c1c(C)[nH]c(C(=O)C(C)Sc2nc(-c3ccccc3)cs2)c1C. The van der Waals surface area contributed by atoms with Gasteiger partial charge in [0.05, 0.1) is 16.6 Å². The molecule has 0 saturated carbocycles. The van der Waals surface area contributed by atoms with Crippen molar-refractivity contribution >= 4 is 34.7 Å². The number of carbonyl (C=O) groups is 2. The maximum absolute atomic E-state index is 12.8. The van der Waals surface area contributed by atoms with E-state index in [1.54, 1.807) is 0 Å². The highest BCUT2D eigenvalue weighted by molar-refractivity contribution is 8.02. The molecule has 0 bridgehead atoms. The van der Waals surface area contributed by atoms with E-state index in [4.69, 9.17) is 0 Å². The number of H-pyrrole nitrogens is 1. The van der Waals surface area contributed by atoms with Crippen LogP contribution < -0.4 is 0 Å². The number of benzene rings is 1. The second-order valence-electron chi connectivity index (χ2n) is 6.17. The Bertz CT molecular complexity index is 958. The van der Waals surface area contributed by atoms with Gasteiger partial charge in [0.1, 0.15) is 0 Å². The lowest BCUT2D eigenvalue weighted by Crippen LogP contribution is -2.15.